The summed E-state index contributed by atoms with van der Waals surface area (Å²) < 4.78 is 0. The lowest BCUT2D eigenvalue weighted by Crippen LogP contribution is -2.47. The number of piperidine rings is 1. The van der Waals surface area contributed by atoms with Crippen molar-refractivity contribution in [3.63, 3.8) is 0 Å². The molecule has 0 aromatic heterocycles. The van der Waals surface area contributed by atoms with Crippen LogP contribution >= 0.6 is 0 Å². The number of rotatable bonds is 5. The molecule has 5 heteroatoms. The summed E-state index contributed by atoms with van der Waals surface area (Å²) in [6, 6.07) is 17.8. The molecule has 0 radical (unpaired) electrons. The van der Waals surface area contributed by atoms with Crippen molar-refractivity contribution in [2.75, 3.05) is 18.4 Å². The quantitative estimate of drug-likeness (QED) is 0.848. The van der Waals surface area contributed by atoms with Gasteiger partial charge in [-0.15, -0.1) is 0 Å². The van der Waals surface area contributed by atoms with E-state index in [0.717, 1.165) is 24.9 Å². The number of amides is 3. The van der Waals surface area contributed by atoms with Crippen molar-refractivity contribution < 1.29 is 9.59 Å². The minimum atomic E-state index is -0.0783. The van der Waals surface area contributed by atoms with Crippen LogP contribution in [0.5, 0.6) is 0 Å². The zero-order chi connectivity index (χ0) is 19.1. The maximum absolute atomic E-state index is 12.3. The van der Waals surface area contributed by atoms with E-state index in [1.807, 2.05) is 41.3 Å². The van der Waals surface area contributed by atoms with E-state index in [4.69, 9.17) is 0 Å². The van der Waals surface area contributed by atoms with Crippen LogP contribution in [0.1, 0.15) is 30.4 Å². The predicted octanol–water partition coefficient (Wildman–Crippen LogP) is 3.74. The number of urea groups is 1. The number of anilines is 1. The molecule has 142 valence electrons. The van der Waals surface area contributed by atoms with Gasteiger partial charge in [-0.1, -0.05) is 48.0 Å². The first kappa shape index (κ1) is 19.0. The van der Waals surface area contributed by atoms with Gasteiger partial charge in [-0.2, -0.15) is 0 Å². The van der Waals surface area contributed by atoms with Crippen LogP contribution in [0, 0.1) is 6.92 Å². The molecule has 1 heterocycles. The second-order valence-corrected chi connectivity index (χ2v) is 7.11. The van der Waals surface area contributed by atoms with Gasteiger partial charge in [-0.25, -0.2) is 4.79 Å². The molecule has 3 rings (SSSR count). The van der Waals surface area contributed by atoms with Crippen LogP contribution in [-0.2, 0) is 11.2 Å². The molecular formula is C22H27N3O2. The van der Waals surface area contributed by atoms with Crippen LogP contribution in [0.25, 0.3) is 0 Å². The van der Waals surface area contributed by atoms with E-state index in [1.165, 1.54) is 11.1 Å². The second kappa shape index (κ2) is 9.21. The first-order valence-corrected chi connectivity index (χ1v) is 9.56. The Morgan fingerprint density at radius 3 is 2.48 bits per heavy atom. The highest BCUT2D eigenvalue weighted by atomic mass is 16.2. The van der Waals surface area contributed by atoms with E-state index in [2.05, 4.69) is 35.8 Å². The molecule has 3 amide bonds. The fraction of sp³-hybridized carbons (Fsp3) is 0.364. The van der Waals surface area contributed by atoms with Gasteiger partial charge >= 0.3 is 6.03 Å². The zero-order valence-electron chi connectivity index (χ0n) is 15.8. The summed E-state index contributed by atoms with van der Waals surface area (Å²) in [6.07, 6.45) is 2.83. The highest BCUT2D eigenvalue weighted by Gasteiger charge is 2.23. The van der Waals surface area contributed by atoms with Gasteiger partial charge in [0.05, 0.1) is 0 Å². The number of likely N-dealkylation sites (tertiary alicyclic amines) is 1. The maximum atomic E-state index is 12.3. The summed E-state index contributed by atoms with van der Waals surface area (Å²) in [4.78, 5) is 26.3. The van der Waals surface area contributed by atoms with Crippen molar-refractivity contribution in [1.82, 2.24) is 10.2 Å². The topological polar surface area (TPSA) is 61.4 Å². The summed E-state index contributed by atoms with van der Waals surface area (Å²) in [5.74, 6) is 0.0868. The normalized spacial score (nSPS) is 14.6. The molecule has 1 aliphatic heterocycles. The number of benzene rings is 2. The summed E-state index contributed by atoms with van der Waals surface area (Å²) >= 11 is 0. The van der Waals surface area contributed by atoms with Gasteiger partial charge in [0.2, 0.25) is 5.91 Å². The monoisotopic (exact) mass is 365 g/mol. The molecule has 1 aliphatic rings. The van der Waals surface area contributed by atoms with Gasteiger partial charge in [0, 0.05) is 31.2 Å². The summed E-state index contributed by atoms with van der Waals surface area (Å²) in [5.41, 5.74) is 3.21. The third-order valence-electron chi connectivity index (χ3n) is 4.90. The van der Waals surface area contributed by atoms with E-state index in [9.17, 15) is 9.59 Å². The molecule has 0 aliphatic carbocycles. The molecule has 1 fully saturated rings. The van der Waals surface area contributed by atoms with Gasteiger partial charge in [0.25, 0.3) is 0 Å². The Hall–Kier alpha value is -2.82. The van der Waals surface area contributed by atoms with Gasteiger partial charge < -0.3 is 15.5 Å². The van der Waals surface area contributed by atoms with E-state index in [-0.39, 0.29) is 18.0 Å². The number of carbonyl (C=O) groups is 2. The minimum Gasteiger partial charge on any atom is -0.353 e. The van der Waals surface area contributed by atoms with Crippen LogP contribution in [-0.4, -0.2) is 36.0 Å². The van der Waals surface area contributed by atoms with Gasteiger partial charge in [0.15, 0.2) is 0 Å². The van der Waals surface area contributed by atoms with Crippen molar-refractivity contribution in [1.29, 1.82) is 0 Å². The molecule has 0 atom stereocenters. The lowest BCUT2D eigenvalue weighted by molar-refractivity contribution is -0.122. The van der Waals surface area contributed by atoms with E-state index in [1.54, 1.807) is 0 Å². The van der Waals surface area contributed by atoms with Crippen LogP contribution < -0.4 is 10.6 Å². The summed E-state index contributed by atoms with van der Waals surface area (Å²) in [5, 5.41) is 6.03. The Morgan fingerprint density at radius 1 is 1.04 bits per heavy atom. The van der Waals surface area contributed by atoms with Crippen LogP contribution in [0.15, 0.2) is 54.6 Å². The van der Waals surface area contributed by atoms with Crippen molar-refractivity contribution in [3.05, 3.63) is 65.7 Å². The van der Waals surface area contributed by atoms with Gasteiger partial charge in [-0.3, -0.25) is 4.79 Å². The summed E-state index contributed by atoms with van der Waals surface area (Å²) in [6.45, 7) is 3.37. The average Bonchev–Trinajstić information content (AvgIpc) is 2.68. The zero-order valence-corrected chi connectivity index (χ0v) is 15.8. The molecular weight excluding hydrogens is 338 g/mol. The Kier molecular flexibility index (Phi) is 6.47. The number of hydrogen-bond donors (Lipinski definition) is 2. The van der Waals surface area contributed by atoms with Crippen molar-refractivity contribution in [2.24, 2.45) is 0 Å². The van der Waals surface area contributed by atoms with E-state index in [0.29, 0.717) is 19.5 Å². The smallest absolute Gasteiger partial charge is 0.321 e. The molecule has 5 nitrogen and oxygen atoms in total. The van der Waals surface area contributed by atoms with Crippen LogP contribution in [0.2, 0.25) is 0 Å². The first-order chi connectivity index (χ1) is 13.1. The Balaban J connectivity index is 1.38. The predicted molar refractivity (Wildman–Crippen MR) is 108 cm³/mol. The van der Waals surface area contributed by atoms with Crippen LogP contribution in [0.3, 0.4) is 0 Å². The number of hydrogen-bond acceptors (Lipinski definition) is 2. The third kappa shape index (κ3) is 5.84. The van der Waals surface area contributed by atoms with Crippen LogP contribution in [0.4, 0.5) is 10.5 Å². The van der Waals surface area contributed by atoms with Crippen molar-refractivity contribution in [3.8, 4) is 0 Å². The molecule has 0 saturated carbocycles. The highest BCUT2D eigenvalue weighted by molar-refractivity contribution is 5.89. The molecule has 1 saturated heterocycles. The lowest BCUT2D eigenvalue weighted by atomic mass is 10.0. The molecule has 0 unspecified atom stereocenters. The largest absolute Gasteiger partial charge is 0.353 e. The Labute approximate surface area is 160 Å². The number of carbonyl (C=O) groups excluding carboxylic acids is 2. The summed E-state index contributed by atoms with van der Waals surface area (Å²) in [7, 11) is 0. The number of para-hydroxylation sites is 1. The third-order valence-corrected chi connectivity index (χ3v) is 4.90. The Morgan fingerprint density at radius 2 is 1.78 bits per heavy atom. The Bertz CT molecular complexity index is 768. The number of aryl methyl sites for hydroxylation is 2. The molecule has 0 bridgehead atoms. The van der Waals surface area contributed by atoms with Crippen molar-refractivity contribution >= 4 is 17.6 Å². The second-order valence-electron chi connectivity index (χ2n) is 7.11. The minimum absolute atomic E-state index is 0.0783. The molecule has 0 spiro atoms. The number of nitrogens with one attached hydrogen (secondary N) is 2. The number of nitrogens with zero attached hydrogens (tertiary/aromatic N) is 1. The van der Waals surface area contributed by atoms with E-state index < -0.39 is 0 Å². The van der Waals surface area contributed by atoms with Gasteiger partial charge in [0.1, 0.15) is 0 Å². The molecule has 27 heavy (non-hydrogen) atoms. The molecule has 2 aromatic carbocycles. The van der Waals surface area contributed by atoms with E-state index >= 15 is 0 Å². The standard InChI is InChI=1S/C22H27N3O2/c1-17-6-5-7-18(16-17)10-11-21(26)23-20-12-14-25(15-13-20)22(27)24-19-8-3-2-4-9-19/h2-9,16,20H,10-15H2,1H3,(H,23,26)(H,24,27). The average molecular weight is 365 g/mol. The fourth-order valence-electron chi connectivity index (χ4n) is 3.38. The lowest BCUT2D eigenvalue weighted by Gasteiger charge is -2.32. The maximum Gasteiger partial charge on any atom is 0.321 e. The fourth-order valence-corrected chi connectivity index (χ4v) is 3.38. The van der Waals surface area contributed by atoms with Gasteiger partial charge in [-0.05, 0) is 43.9 Å². The highest BCUT2D eigenvalue weighted by Crippen LogP contribution is 2.14. The SMILES string of the molecule is Cc1cccc(CCC(=O)NC2CCN(C(=O)Nc3ccccc3)CC2)c1. The molecule has 2 aromatic rings. The first-order valence-electron chi connectivity index (χ1n) is 9.56. The molecule has 2 N–H and O–H groups in total. The van der Waals surface area contributed by atoms with Crippen molar-refractivity contribution in [2.45, 2.75) is 38.6 Å².